The first-order valence-corrected chi connectivity index (χ1v) is 7.64. The molecule has 0 spiro atoms. The molecule has 0 N–H and O–H groups in total. The highest BCUT2D eigenvalue weighted by Crippen LogP contribution is 2.29. The van der Waals surface area contributed by atoms with Crippen LogP contribution in [-0.4, -0.2) is 17.7 Å². The number of oxazole rings is 1. The molecule has 0 aliphatic heterocycles. The van der Waals surface area contributed by atoms with Crippen molar-refractivity contribution in [3.63, 3.8) is 0 Å². The molecular weight excluding hydrogens is 288 g/mol. The van der Waals surface area contributed by atoms with Crippen LogP contribution in [0.3, 0.4) is 0 Å². The lowest BCUT2D eigenvalue weighted by Gasteiger charge is -2.15. The molecule has 0 unspecified atom stereocenters. The molecule has 0 saturated carbocycles. The second-order valence-electron chi connectivity index (χ2n) is 6.41. The molecule has 2 aromatic rings. The average Bonchev–Trinajstić information content (AvgIpc) is 2.94. The summed E-state index contributed by atoms with van der Waals surface area (Å²) in [6.45, 7) is 10.6. The molecular formula is C18H22N4O. The predicted molar refractivity (Wildman–Crippen MR) is 91.7 cm³/mol. The Bertz CT molecular complexity index is 730. The molecule has 0 atom stereocenters. The number of hydrogen-bond acceptors (Lipinski definition) is 5. The SMILES string of the molecule is CCN(N=Cc1ccc(C)cc1)c1oc(C(C)(C)C)nc1C#N. The molecule has 0 bridgehead atoms. The monoisotopic (exact) mass is 310 g/mol. The summed E-state index contributed by atoms with van der Waals surface area (Å²) in [6.07, 6.45) is 1.75. The number of hydrazone groups is 1. The summed E-state index contributed by atoms with van der Waals surface area (Å²) < 4.78 is 5.81. The number of aromatic nitrogens is 1. The molecule has 120 valence electrons. The number of aryl methyl sites for hydroxylation is 1. The minimum atomic E-state index is -0.260. The summed E-state index contributed by atoms with van der Waals surface area (Å²) in [4.78, 5) is 4.29. The van der Waals surface area contributed by atoms with Gasteiger partial charge in [0.2, 0.25) is 11.6 Å². The van der Waals surface area contributed by atoms with Gasteiger partial charge < -0.3 is 4.42 Å². The fourth-order valence-electron chi connectivity index (χ4n) is 1.95. The molecule has 1 heterocycles. The highest BCUT2D eigenvalue weighted by atomic mass is 16.4. The zero-order valence-corrected chi connectivity index (χ0v) is 14.3. The maximum atomic E-state index is 9.31. The molecule has 0 aliphatic rings. The molecule has 0 amide bonds. The summed E-state index contributed by atoms with van der Waals surface area (Å²) in [5.41, 5.74) is 2.19. The maximum Gasteiger partial charge on any atom is 0.254 e. The van der Waals surface area contributed by atoms with Crippen LogP contribution in [0.2, 0.25) is 0 Å². The third-order valence-corrected chi connectivity index (χ3v) is 3.31. The van der Waals surface area contributed by atoms with Crippen LogP contribution in [0.1, 0.15) is 50.4 Å². The van der Waals surface area contributed by atoms with Crippen molar-refractivity contribution >= 4 is 12.1 Å². The molecule has 0 aliphatic carbocycles. The summed E-state index contributed by atoms with van der Waals surface area (Å²) in [7, 11) is 0. The minimum absolute atomic E-state index is 0.260. The van der Waals surface area contributed by atoms with Crippen LogP contribution < -0.4 is 5.01 Å². The number of benzene rings is 1. The van der Waals surface area contributed by atoms with Crippen molar-refractivity contribution in [2.24, 2.45) is 5.10 Å². The highest BCUT2D eigenvalue weighted by Gasteiger charge is 2.26. The van der Waals surface area contributed by atoms with Crippen LogP contribution in [0.5, 0.6) is 0 Å². The molecule has 5 nitrogen and oxygen atoms in total. The zero-order chi connectivity index (χ0) is 17.0. The first-order valence-electron chi connectivity index (χ1n) is 7.64. The van der Waals surface area contributed by atoms with Gasteiger partial charge in [-0.15, -0.1) is 0 Å². The van der Waals surface area contributed by atoms with Crippen molar-refractivity contribution in [3.8, 4) is 6.07 Å². The van der Waals surface area contributed by atoms with Crippen molar-refractivity contribution in [1.29, 1.82) is 5.26 Å². The summed E-state index contributed by atoms with van der Waals surface area (Å²) in [5, 5.41) is 15.4. The first kappa shape index (κ1) is 16.8. The van der Waals surface area contributed by atoms with Gasteiger partial charge in [0.15, 0.2) is 0 Å². The van der Waals surface area contributed by atoms with Crippen molar-refractivity contribution in [2.75, 3.05) is 11.6 Å². The summed E-state index contributed by atoms with van der Waals surface area (Å²) in [5.74, 6) is 0.927. The molecule has 1 aromatic carbocycles. The standard InChI is InChI=1S/C18H22N4O/c1-6-22(20-12-14-9-7-13(2)8-10-14)16-15(11-19)21-17(23-16)18(3,4)5/h7-10,12H,6H2,1-5H3. The third kappa shape index (κ3) is 3.98. The van der Waals surface area contributed by atoms with E-state index in [-0.39, 0.29) is 11.1 Å². The lowest BCUT2D eigenvalue weighted by atomic mass is 9.97. The van der Waals surface area contributed by atoms with Gasteiger partial charge >= 0.3 is 0 Å². The fourth-order valence-corrected chi connectivity index (χ4v) is 1.95. The second kappa shape index (κ2) is 6.66. The van der Waals surface area contributed by atoms with Crippen LogP contribution in [0.25, 0.3) is 0 Å². The van der Waals surface area contributed by atoms with Gasteiger partial charge in [0, 0.05) is 12.0 Å². The number of nitriles is 1. The quantitative estimate of drug-likeness (QED) is 0.632. The molecule has 0 radical (unpaired) electrons. The van der Waals surface area contributed by atoms with Crippen LogP contribution in [0.15, 0.2) is 33.8 Å². The lowest BCUT2D eigenvalue weighted by molar-refractivity contribution is 0.392. The van der Waals surface area contributed by atoms with Gasteiger partial charge in [-0.1, -0.05) is 50.6 Å². The van der Waals surface area contributed by atoms with E-state index in [0.29, 0.717) is 18.3 Å². The van der Waals surface area contributed by atoms with Gasteiger partial charge in [0.05, 0.1) is 6.21 Å². The van der Waals surface area contributed by atoms with E-state index in [1.807, 2.05) is 58.9 Å². The van der Waals surface area contributed by atoms with Crippen molar-refractivity contribution in [1.82, 2.24) is 4.98 Å². The van der Waals surface area contributed by atoms with E-state index in [2.05, 4.69) is 16.2 Å². The van der Waals surface area contributed by atoms with E-state index < -0.39 is 0 Å². The zero-order valence-electron chi connectivity index (χ0n) is 14.3. The summed E-state index contributed by atoms with van der Waals surface area (Å²) in [6, 6.07) is 10.2. The Balaban J connectivity index is 2.32. The Morgan fingerprint density at radius 2 is 1.96 bits per heavy atom. The van der Waals surface area contributed by atoms with E-state index in [1.165, 1.54) is 5.56 Å². The second-order valence-corrected chi connectivity index (χ2v) is 6.41. The smallest absolute Gasteiger partial charge is 0.254 e. The Morgan fingerprint density at radius 1 is 1.30 bits per heavy atom. The van der Waals surface area contributed by atoms with Crippen LogP contribution in [0.4, 0.5) is 5.88 Å². The minimum Gasteiger partial charge on any atom is -0.421 e. The van der Waals surface area contributed by atoms with Crippen LogP contribution >= 0.6 is 0 Å². The molecule has 0 fully saturated rings. The lowest BCUT2D eigenvalue weighted by Crippen LogP contribution is -2.16. The van der Waals surface area contributed by atoms with Crippen LogP contribution in [0, 0.1) is 18.3 Å². The Hall–Kier alpha value is -2.61. The number of nitrogens with zero attached hydrogens (tertiary/aromatic N) is 4. The molecule has 5 heteroatoms. The summed E-state index contributed by atoms with van der Waals surface area (Å²) >= 11 is 0. The van der Waals surface area contributed by atoms with Crippen molar-refractivity contribution in [2.45, 2.75) is 40.0 Å². The number of hydrogen-bond donors (Lipinski definition) is 0. The van der Waals surface area contributed by atoms with Crippen LogP contribution in [-0.2, 0) is 5.41 Å². The van der Waals surface area contributed by atoms with E-state index in [9.17, 15) is 5.26 Å². The highest BCUT2D eigenvalue weighted by molar-refractivity contribution is 5.80. The number of anilines is 1. The topological polar surface area (TPSA) is 65.4 Å². The Morgan fingerprint density at radius 3 is 2.48 bits per heavy atom. The molecule has 0 saturated heterocycles. The van der Waals surface area contributed by atoms with E-state index in [4.69, 9.17) is 4.42 Å². The Kier molecular flexibility index (Phi) is 4.85. The molecule has 1 aromatic heterocycles. The van der Waals surface area contributed by atoms with E-state index in [0.717, 1.165) is 5.56 Å². The van der Waals surface area contributed by atoms with E-state index in [1.54, 1.807) is 11.2 Å². The van der Waals surface area contributed by atoms with Gasteiger partial charge in [0.1, 0.15) is 6.07 Å². The Labute approximate surface area is 137 Å². The first-order chi connectivity index (χ1) is 10.8. The molecule has 23 heavy (non-hydrogen) atoms. The van der Waals surface area contributed by atoms with Gasteiger partial charge in [0.25, 0.3) is 5.88 Å². The normalized spacial score (nSPS) is 11.7. The van der Waals surface area contributed by atoms with Gasteiger partial charge in [-0.2, -0.15) is 15.3 Å². The predicted octanol–water partition coefficient (Wildman–Crippen LogP) is 4.01. The van der Waals surface area contributed by atoms with Gasteiger partial charge in [-0.25, -0.2) is 5.01 Å². The van der Waals surface area contributed by atoms with Gasteiger partial charge in [-0.05, 0) is 19.4 Å². The largest absolute Gasteiger partial charge is 0.421 e. The third-order valence-electron chi connectivity index (χ3n) is 3.31. The maximum absolute atomic E-state index is 9.31. The van der Waals surface area contributed by atoms with Gasteiger partial charge in [-0.3, -0.25) is 0 Å². The van der Waals surface area contributed by atoms with Crippen molar-refractivity contribution < 1.29 is 4.42 Å². The van der Waals surface area contributed by atoms with Crippen molar-refractivity contribution in [3.05, 3.63) is 47.0 Å². The van der Waals surface area contributed by atoms with E-state index >= 15 is 0 Å². The molecule has 2 rings (SSSR count). The number of rotatable bonds is 4. The fraction of sp³-hybridized carbons (Fsp3) is 0.389. The average molecular weight is 310 g/mol.